The van der Waals surface area contributed by atoms with Crippen molar-refractivity contribution in [3.05, 3.63) is 64.8 Å². The van der Waals surface area contributed by atoms with Gasteiger partial charge in [0.05, 0.1) is 23.2 Å². The maximum Gasteiger partial charge on any atom is 0.418 e. The van der Waals surface area contributed by atoms with E-state index in [0.717, 1.165) is 32.7 Å². The maximum absolute atomic E-state index is 13.5. The topological polar surface area (TPSA) is 47.0 Å². The van der Waals surface area contributed by atoms with Gasteiger partial charge in [-0.05, 0) is 50.6 Å². The summed E-state index contributed by atoms with van der Waals surface area (Å²) in [6.07, 6.45) is -4.48. The summed E-state index contributed by atoms with van der Waals surface area (Å²) in [5, 5.41) is 3.63. The van der Waals surface area contributed by atoms with Gasteiger partial charge in [-0.25, -0.2) is 9.97 Å². The van der Waals surface area contributed by atoms with Crippen LogP contribution in [0.2, 0.25) is 0 Å². The zero-order valence-electron chi connectivity index (χ0n) is 17.2. The zero-order chi connectivity index (χ0) is 22.2. The fourth-order valence-electron chi connectivity index (χ4n) is 3.51. The molecule has 0 amide bonds. The van der Waals surface area contributed by atoms with Gasteiger partial charge in [0, 0.05) is 10.4 Å². The van der Waals surface area contributed by atoms with Gasteiger partial charge >= 0.3 is 6.18 Å². The van der Waals surface area contributed by atoms with Crippen molar-refractivity contribution in [2.24, 2.45) is 0 Å². The van der Waals surface area contributed by atoms with E-state index in [1.165, 1.54) is 23.5 Å². The molecule has 4 nitrogen and oxygen atoms in total. The van der Waals surface area contributed by atoms with Crippen LogP contribution >= 0.6 is 11.3 Å². The number of ether oxygens (including phenoxy) is 1. The molecule has 0 radical (unpaired) electrons. The highest BCUT2D eigenvalue weighted by molar-refractivity contribution is 7.19. The number of hydrogen-bond donors (Lipinski definition) is 1. The van der Waals surface area contributed by atoms with Crippen LogP contribution in [0.4, 0.5) is 24.7 Å². The average molecular weight is 443 g/mol. The Bertz CT molecular complexity index is 1230. The van der Waals surface area contributed by atoms with Crippen LogP contribution in [-0.4, -0.2) is 16.6 Å². The van der Waals surface area contributed by atoms with Crippen LogP contribution in [0.1, 0.15) is 23.2 Å². The third kappa shape index (κ3) is 4.20. The molecule has 160 valence electrons. The van der Waals surface area contributed by atoms with Crippen molar-refractivity contribution in [2.75, 3.05) is 11.9 Å². The number of halogens is 3. The lowest BCUT2D eigenvalue weighted by molar-refractivity contribution is -0.136. The lowest BCUT2D eigenvalue weighted by Crippen LogP contribution is -2.09. The van der Waals surface area contributed by atoms with Crippen LogP contribution in [-0.2, 0) is 6.18 Å². The number of hydrogen-bond acceptors (Lipinski definition) is 5. The molecule has 0 bridgehead atoms. The first-order chi connectivity index (χ1) is 14.8. The van der Waals surface area contributed by atoms with Gasteiger partial charge in [-0.1, -0.05) is 24.3 Å². The number of alkyl halides is 3. The lowest BCUT2D eigenvalue weighted by Gasteiger charge is -2.15. The smallest absolute Gasteiger partial charge is 0.418 e. The number of fused-ring (bicyclic) bond motifs is 1. The van der Waals surface area contributed by atoms with E-state index < -0.39 is 11.7 Å². The van der Waals surface area contributed by atoms with Crippen molar-refractivity contribution >= 4 is 33.1 Å². The highest BCUT2D eigenvalue weighted by atomic mass is 32.1. The van der Waals surface area contributed by atoms with E-state index >= 15 is 0 Å². The van der Waals surface area contributed by atoms with Crippen molar-refractivity contribution in [1.82, 2.24) is 9.97 Å². The van der Waals surface area contributed by atoms with E-state index in [1.807, 2.05) is 38.1 Å². The van der Waals surface area contributed by atoms with Gasteiger partial charge in [0.2, 0.25) is 0 Å². The second-order valence-corrected chi connectivity index (χ2v) is 8.16. The van der Waals surface area contributed by atoms with Crippen molar-refractivity contribution < 1.29 is 17.9 Å². The monoisotopic (exact) mass is 443 g/mol. The number of aryl methyl sites for hydroxylation is 2. The third-order valence-electron chi connectivity index (χ3n) is 4.78. The molecule has 8 heteroatoms. The summed E-state index contributed by atoms with van der Waals surface area (Å²) in [5.74, 6) is 1.60. The highest BCUT2D eigenvalue weighted by Crippen LogP contribution is 2.43. The number of nitrogens with zero attached hydrogens (tertiary/aromatic N) is 2. The van der Waals surface area contributed by atoms with E-state index in [-0.39, 0.29) is 5.69 Å². The van der Waals surface area contributed by atoms with Gasteiger partial charge in [-0.15, -0.1) is 11.3 Å². The van der Waals surface area contributed by atoms with E-state index in [2.05, 4.69) is 15.3 Å². The first-order valence-electron chi connectivity index (χ1n) is 9.72. The van der Waals surface area contributed by atoms with Gasteiger partial charge in [0.15, 0.2) is 0 Å². The molecule has 2 aromatic heterocycles. The highest BCUT2D eigenvalue weighted by Gasteiger charge is 2.33. The van der Waals surface area contributed by atoms with Crippen LogP contribution < -0.4 is 10.1 Å². The molecule has 2 heterocycles. The molecule has 0 atom stereocenters. The zero-order valence-corrected chi connectivity index (χ0v) is 18.0. The molecule has 0 saturated carbocycles. The second-order valence-electron chi connectivity index (χ2n) is 6.96. The SMILES string of the molecule is CCOc1ccc(-c2c(C)sc3nc(C)nc(Nc4ccccc4C(F)(F)F)c23)cc1. The van der Waals surface area contributed by atoms with Gasteiger partial charge in [0.25, 0.3) is 0 Å². The van der Waals surface area contributed by atoms with Crippen LogP contribution in [0, 0.1) is 13.8 Å². The number of para-hydroxylation sites is 1. The van der Waals surface area contributed by atoms with Crippen LogP contribution in [0.5, 0.6) is 5.75 Å². The minimum Gasteiger partial charge on any atom is -0.494 e. The fourth-order valence-corrected chi connectivity index (χ4v) is 4.60. The minimum absolute atomic E-state index is 0.0455. The van der Waals surface area contributed by atoms with E-state index in [1.54, 1.807) is 13.0 Å². The molecule has 4 aromatic rings. The predicted molar refractivity (Wildman–Crippen MR) is 118 cm³/mol. The summed E-state index contributed by atoms with van der Waals surface area (Å²) in [5.41, 5.74) is 1.03. The molecule has 0 spiro atoms. The van der Waals surface area contributed by atoms with Crippen LogP contribution in [0.25, 0.3) is 21.3 Å². The largest absolute Gasteiger partial charge is 0.494 e. The minimum atomic E-state index is -4.48. The molecule has 0 saturated heterocycles. The Hall–Kier alpha value is -3.13. The van der Waals surface area contributed by atoms with Crippen molar-refractivity contribution in [1.29, 1.82) is 0 Å². The molecule has 0 aliphatic carbocycles. The number of rotatable bonds is 5. The van der Waals surface area contributed by atoms with E-state index in [4.69, 9.17) is 4.74 Å². The van der Waals surface area contributed by atoms with Gasteiger partial charge in [-0.2, -0.15) is 13.2 Å². The average Bonchev–Trinajstić information content (AvgIpc) is 3.04. The first-order valence-corrected chi connectivity index (χ1v) is 10.5. The van der Waals surface area contributed by atoms with E-state index in [9.17, 15) is 13.2 Å². The summed E-state index contributed by atoms with van der Waals surface area (Å²) in [6.45, 7) is 6.19. The molecule has 4 rings (SSSR count). The predicted octanol–water partition coefficient (Wildman–Crippen LogP) is 7.14. The Morgan fingerprint density at radius 1 is 1.00 bits per heavy atom. The van der Waals surface area contributed by atoms with Crippen LogP contribution in [0.3, 0.4) is 0 Å². The molecule has 0 aliphatic heterocycles. The number of aromatic nitrogens is 2. The lowest BCUT2D eigenvalue weighted by atomic mass is 10.0. The summed E-state index contributed by atoms with van der Waals surface area (Å²) < 4.78 is 46.1. The summed E-state index contributed by atoms with van der Waals surface area (Å²) in [6, 6.07) is 13.0. The molecule has 2 aromatic carbocycles. The standard InChI is InChI=1S/C23H20F3N3OS/c1-4-30-16-11-9-15(10-12-16)19-13(2)31-22-20(19)21(27-14(3)28-22)29-18-8-6-5-7-17(18)23(24,25)26/h5-12H,4H2,1-3H3,(H,27,28,29). The fraction of sp³-hybridized carbons (Fsp3) is 0.217. The van der Waals surface area contributed by atoms with Crippen molar-refractivity contribution in [2.45, 2.75) is 26.9 Å². The second kappa shape index (κ2) is 8.19. The number of anilines is 2. The first kappa shape index (κ1) is 21.1. The summed E-state index contributed by atoms with van der Waals surface area (Å²) >= 11 is 1.49. The quantitative estimate of drug-likeness (QED) is 0.356. The molecule has 0 unspecified atom stereocenters. The van der Waals surface area contributed by atoms with Crippen LogP contribution in [0.15, 0.2) is 48.5 Å². The Morgan fingerprint density at radius 3 is 2.39 bits per heavy atom. The molecular formula is C23H20F3N3OS. The number of thiophene rings is 1. The number of benzene rings is 2. The molecule has 31 heavy (non-hydrogen) atoms. The van der Waals surface area contributed by atoms with Crippen molar-refractivity contribution in [3.63, 3.8) is 0 Å². The molecule has 1 N–H and O–H groups in total. The summed E-state index contributed by atoms with van der Waals surface area (Å²) in [4.78, 5) is 10.7. The Labute approximate surface area is 181 Å². The number of nitrogens with one attached hydrogen (secondary N) is 1. The molecule has 0 aliphatic rings. The molecular weight excluding hydrogens is 423 g/mol. The third-order valence-corrected chi connectivity index (χ3v) is 5.78. The van der Waals surface area contributed by atoms with E-state index in [0.29, 0.717) is 23.6 Å². The normalized spacial score (nSPS) is 11.7. The Kier molecular flexibility index (Phi) is 5.58. The van der Waals surface area contributed by atoms with Crippen molar-refractivity contribution in [3.8, 4) is 16.9 Å². The molecule has 0 fully saturated rings. The Morgan fingerprint density at radius 2 is 1.71 bits per heavy atom. The van der Waals surface area contributed by atoms with Gasteiger partial charge in [-0.3, -0.25) is 0 Å². The maximum atomic E-state index is 13.5. The van der Waals surface area contributed by atoms with Gasteiger partial charge < -0.3 is 10.1 Å². The van der Waals surface area contributed by atoms with Gasteiger partial charge in [0.1, 0.15) is 22.2 Å². The summed E-state index contributed by atoms with van der Waals surface area (Å²) in [7, 11) is 0. The Balaban J connectivity index is 1.88.